The molecular weight excluding hydrogens is 244 g/mol. The summed E-state index contributed by atoms with van der Waals surface area (Å²) in [6, 6.07) is 19.1. The van der Waals surface area contributed by atoms with Crippen LogP contribution in [0.5, 0.6) is 0 Å². The van der Waals surface area contributed by atoms with Crippen molar-refractivity contribution in [2.24, 2.45) is 0 Å². The lowest BCUT2D eigenvalue weighted by Crippen LogP contribution is -1.87. The molecule has 4 aromatic rings. The highest BCUT2D eigenvalue weighted by atomic mass is 14.8. The van der Waals surface area contributed by atoms with E-state index in [1.807, 2.05) is 6.07 Å². The molecule has 5 rings (SSSR count). The van der Waals surface area contributed by atoms with Crippen molar-refractivity contribution in [1.82, 2.24) is 9.97 Å². The van der Waals surface area contributed by atoms with E-state index in [1.54, 1.807) is 6.20 Å². The van der Waals surface area contributed by atoms with E-state index in [0.29, 0.717) is 0 Å². The van der Waals surface area contributed by atoms with Gasteiger partial charge in [0, 0.05) is 22.7 Å². The first-order valence-electron chi connectivity index (χ1n) is 6.70. The fraction of sp³-hybridized carbons (Fsp3) is 0. The van der Waals surface area contributed by atoms with Gasteiger partial charge in [-0.05, 0) is 34.5 Å². The molecule has 0 aliphatic heterocycles. The van der Waals surface area contributed by atoms with Crippen LogP contribution >= 0.6 is 0 Å². The van der Waals surface area contributed by atoms with Gasteiger partial charge in [-0.25, -0.2) is 9.97 Å². The smallest absolute Gasteiger partial charge is 0.159 e. The summed E-state index contributed by atoms with van der Waals surface area (Å²) in [5.41, 5.74) is 5.60. The Kier molecular flexibility index (Phi) is 1.73. The third kappa shape index (κ3) is 1.14. The first-order chi connectivity index (χ1) is 9.92. The van der Waals surface area contributed by atoms with Crippen LogP contribution in [0.4, 0.5) is 0 Å². The highest BCUT2D eigenvalue weighted by molar-refractivity contribution is 6.15. The first-order valence-corrected chi connectivity index (χ1v) is 6.70. The molecule has 20 heavy (non-hydrogen) atoms. The summed E-state index contributed by atoms with van der Waals surface area (Å²) < 4.78 is 0. The highest BCUT2D eigenvalue weighted by Crippen LogP contribution is 2.46. The zero-order chi connectivity index (χ0) is 13.1. The minimum Gasteiger partial charge on any atom is -0.237 e. The first kappa shape index (κ1) is 10.1. The van der Waals surface area contributed by atoms with Crippen LogP contribution in [-0.2, 0) is 0 Å². The number of pyridine rings is 2. The molecule has 92 valence electrons. The minimum absolute atomic E-state index is 0.816. The van der Waals surface area contributed by atoms with Crippen LogP contribution in [0.15, 0.2) is 60.8 Å². The maximum absolute atomic E-state index is 4.78. The fourth-order valence-electron chi connectivity index (χ4n) is 3.18. The summed E-state index contributed by atoms with van der Waals surface area (Å²) in [4.78, 5) is 9.16. The molecule has 0 fully saturated rings. The van der Waals surface area contributed by atoms with Gasteiger partial charge in [-0.2, -0.15) is 0 Å². The number of rotatable bonds is 0. The summed E-state index contributed by atoms with van der Waals surface area (Å²) in [6.45, 7) is 0. The lowest BCUT2D eigenvalue weighted by Gasteiger charge is -2.03. The predicted molar refractivity (Wildman–Crippen MR) is 81.5 cm³/mol. The van der Waals surface area contributed by atoms with Gasteiger partial charge in [-0.1, -0.05) is 36.4 Å². The van der Waals surface area contributed by atoms with Crippen LogP contribution in [0, 0.1) is 0 Å². The Morgan fingerprint density at radius 3 is 2.40 bits per heavy atom. The molecule has 0 atom stereocenters. The van der Waals surface area contributed by atoms with Gasteiger partial charge < -0.3 is 0 Å². The second kappa shape index (κ2) is 3.42. The zero-order valence-corrected chi connectivity index (χ0v) is 10.7. The topological polar surface area (TPSA) is 25.8 Å². The van der Waals surface area contributed by atoms with Gasteiger partial charge in [-0.15, -0.1) is 0 Å². The van der Waals surface area contributed by atoms with Crippen molar-refractivity contribution in [3.63, 3.8) is 0 Å². The second-order valence-electron chi connectivity index (χ2n) is 5.14. The Balaban J connectivity index is 2.02. The van der Waals surface area contributed by atoms with E-state index in [9.17, 15) is 0 Å². The average Bonchev–Trinajstić information content (AvgIpc) is 2.82. The van der Waals surface area contributed by atoms with Gasteiger partial charge in [-0.3, -0.25) is 0 Å². The normalized spacial score (nSPS) is 12.0. The minimum atomic E-state index is 0.816. The van der Waals surface area contributed by atoms with Crippen molar-refractivity contribution < 1.29 is 0 Å². The van der Waals surface area contributed by atoms with E-state index in [0.717, 1.165) is 16.7 Å². The Morgan fingerprint density at radius 2 is 1.50 bits per heavy atom. The van der Waals surface area contributed by atoms with Crippen LogP contribution in [0.25, 0.3) is 44.2 Å². The SMILES string of the molecule is c1cnc2nc3c(cc2c1)-c1cccc2cccc-3c12. The Hall–Kier alpha value is -2.74. The summed E-state index contributed by atoms with van der Waals surface area (Å²) in [5, 5.41) is 3.68. The van der Waals surface area contributed by atoms with Gasteiger partial charge in [0.2, 0.25) is 0 Å². The molecule has 2 aromatic carbocycles. The maximum atomic E-state index is 4.78. The predicted octanol–water partition coefficient (Wildman–Crippen LogP) is 4.43. The molecule has 2 aromatic heterocycles. The molecule has 2 nitrogen and oxygen atoms in total. The number of benzene rings is 2. The lowest BCUT2D eigenvalue weighted by molar-refractivity contribution is 1.30. The van der Waals surface area contributed by atoms with Crippen molar-refractivity contribution in [1.29, 1.82) is 0 Å². The number of hydrogen-bond acceptors (Lipinski definition) is 2. The standard InChI is InChI=1S/C18H10N2/c1-4-11-5-2-8-14-16(11)13(7-1)15-10-12-6-3-9-19-18(12)20-17(14)15/h1-10H. The van der Waals surface area contributed by atoms with E-state index in [-0.39, 0.29) is 0 Å². The molecule has 0 bridgehead atoms. The quantitative estimate of drug-likeness (QED) is 0.408. The summed E-state index contributed by atoms with van der Waals surface area (Å²) in [5.74, 6) is 0. The van der Waals surface area contributed by atoms with Gasteiger partial charge in [0.05, 0.1) is 5.69 Å². The van der Waals surface area contributed by atoms with E-state index in [2.05, 4.69) is 53.5 Å². The third-order valence-corrected chi connectivity index (χ3v) is 4.04. The monoisotopic (exact) mass is 254 g/mol. The van der Waals surface area contributed by atoms with Crippen LogP contribution < -0.4 is 0 Å². The molecular formula is C18H10N2. The van der Waals surface area contributed by atoms with Crippen molar-refractivity contribution >= 4 is 21.8 Å². The molecule has 0 N–H and O–H groups in total. The largest absolute Gasteiger partial charge is 0.237 e. The second-order valence-corrected chi connectivity index (χ2v) is 5.14. The Bertz CT molecular complexity index is 925. The molecule has 0 saturated carbocycles. The third-order valence-electron chi connectivity index (χ3n) is 4.04. The average molecular weight is 254 g/mol. The van der Waals surface area contributed by atoms with Crippen molar-refractivity contribution in [2.75, 3.05) is 0 Å². The number of hydrogen-bond donors (Lipinski definition) is 0. The van der Waals surface area contributed by atoms with Gasteiger partial charge in [0.25, 0.3) is 0 Å². The Labute approximate surface area is 115 Å². The van der Waals surface area contributed by atoms with Crippen LogP contribution in [0.2, 0.25) is 0 Å². The van der Waals surface area contributed by atoms with Crippen LogP contribution in [0.1, 0.15) is 0 Å². The molecule has 0 amide bonds. The molecule has 2 heteroatoms. The summed E-state index contributed by atoms with van der Waals surface area (Å²) in [6.07, 6.45) is 1.80. The molecule has 0 spiro atoms. The summed E-state index contributed by atoms with van der Waals surface area (Å²) >= 11 is 0. The highest BCUT2D eigenvalue weighted by Gasteiger charge is 2.22. The van der Waals surface area contributed by atoms with E-state index in [1.165, 1.54) is 27.5 Å². The molecule has 0 unspecified atom stereocenters. The number of aromatic nitrogens is 2. The molecule has 1 aliphatic rings. The lowest BCUT2D eigenvalue weighted by atomic mass is 10.0. The van der Waals surface area contributed by atoms with Gasteiger partial charge >= 0.3 is 0 Å². The van der Waals surface area contributed by atoms with Crippen LogP contribution in [0.3, 0.4) is 0 Å². The molecule has 0 saturated heterocycles. The van der Waals surface area contributed by atoms with E-state index >= 15 is 0 Å². The number of nitrogens with zero attached hydrogens (tertiary/aromatic N) is 2. The van der Waals surface area contributed by atoms with Gasteiger partial charge in [0.15, 0.2) is 5.65 Å². The fourth-order valence-corrected chi connectivity index (χ4v) is 3.18. The number of fused-ring (bicyclic) bond motifs is 4. The van der Waals surface area contributed by atoms with Crippen molar-refractivity contribution in [3.8, 4) is 22.4 Å². The summed E-state index contributed by atoms with van der Waals surface area (Å²) in [7, 11) is 0. The maximum Gasteiger partial charge on any atom is 0.159 e. The molecule has 2 heterocycles. The molecule has 1 aliphatic carbocycles. The van der Waals surface area contributed by atoms with Crippen LogP contribution in [-0.4, -0.2) is 9.97 Å². The van der Waals surface area contributed by atoms with E-state index in [4.69, 9.17) is 4.98 Å². The van der Waals surface area contributed by atoms with E-state index < -0.39 is 0 Å². The molecule has 0 radical (unpaired) electrons. The van der Waals surface area contributed by atoms with Crippen molar-refractivity contribution in [2.45, 2.75) is 0 Å². The zero-order valence-electron chi connectivity index (χ0n) is 10.7. The Morgan fingerprint density at radius 1 is 0.700 bits per heavy atom. The van der Waals surface area contributed by atoms with Crippen molar-refractivity contribution in [3.05, 3.63) is 60.8 Å². The van der Waals surface area contributed by atoms with Gasteiger partial charge in [0.1, 0.15) is 0 Å².